The first kappa shape index (κ1) is 16.0. The zero-order chi connectivity index (χ0) is 14.3. The van der Waals surface area contributed by atoms with E-state index in [1.54, 1.807) is 11.8 Å². The Hall–Kier alpha value is -1.01. The molecule has 0 spiro atoms. The summed E-state index contributed by atoms with van der Waals surface area (Å²) in [7, 11) is 2.02. The maximum absolute atomic E-state index is 5.56. The van der Waals surface area contributed by atoms with E-state index in [1.807, 2.05) is 33.2 Å². The van der Waals surface area contributed by atoms with Gasteiger partial charge in [-0.3, -0.25) is 0 Å². The maximum Gasteiger partial charge on any atom is 0.191 e. The maximum atomic E-state index is 5.56. The monoisotopic (exact) mass is 284 g/mol. The lowest BCUT2D eigenvalue weighted by Gasteiger charge is -2.20. The molecule has 1 aromatic rings. The van der Waals surface area contributed by atoms with Gasteiger partial charge in [0.1, 0.15) is 11.6 Å². The SMILES string of the molecule is CCNc1cc(N(C)CCOC(C)C)nc(SC)n1. The van der Waals surface area contributed by atoms with E-state index in [9.17, 15) is 0 Å². The molecule has 1 heterocycles. The normalized spacial score (nSPS) is 10.8. The molecule has 0 saturated carbocycles. The summed E-state index contributed by atoms with van der Waals surface area (Å²) in [5, 5.41) is 4.01. The van der Waals surface area contributed by atoms with Crippen LogP contribution in [-0.2, 0) is 4.74 Å². The second kappa shape index (κ2) is 8.22. The van der Waals surface area contributed by atoms with E-state index in [4.69, 9.17) is 4.74 Å². The van der Waals surface area contributed by atoms with Crippen LogP contribution < -0.4 is 10.2 Å². The van der Waals surface area contributed by atoms with Crippen LogP contribution in [0.4, 0.5) is 11.6 Å². The molecule has 0 atom stereocenters. The van der Waals surface area contributed by atoms with Crippen LogP contribution in [0.5, 0.6) is 0 Å². The summed E-state index contributed by atoms with van der Waals surface area (Å²) in [6.45, 7) is 8.50. The molecule has 0 aliphatic heterocycles. The fourth-order valence-electron chi connectivity index (χ4n) is 1.51. The van der Waals surface area contributed by atoms with Crippen LogP contribution in [-0.4, -0.2) is 49.1 Å². The molecule has 1 N–H and O–H groups in total. The van der Waals surface area contributed by atoms with Gasteiger partial charge in [-0.1, -0.05) is 11.8 Å². The second-order valence-electron chi connectivity index (χ2n) is 4.47. The summed E-state index contributed by atoms with van der Waals surface area (Å²) >= 11 is 1.55. The average Bonchev–Trinajstić information content (AvgIpc) is 2.38. The molecule has 5 nitrogen and oxygen atoms in total. The van der Waals surface area contributed by atoms with Crippen LogP contribution in [0.25, 0.3) is 0 Å². The smallest absolute Gasteiger partial charge is 0.191 e. The Kier molecular flexibility index (Phi) is 6.94. The van der Waals surface area contributed by atoms with Crippen LogP contribution in [0.3, 0.4) is 0 Å². The van der Waals surface area contributed by atoms with Crippen LogP contribution in [0, 0.1) is 0 Å². The highest BCUT2D eigenvalue weighted by molar-refractivity contribution is 7.98. The van der Waals surface area contributed by atoms with Gasteiger partial charge in [-0.25, -0.2) is 9.97 Å². The van der Waals surface area contributed by atoms with Crippen LogP contribution in [0.1, 0.15) is 20.8 Å². The summed E-state index contributed by atoms with van der Waals surface area (Å²) in [5.41, 5.74) is 0. The molecular weight excluding hydrogens is 260 g/mol. The molecule has 0 amide bonds. The first-order chi connectivity index (χ1) is 9.06. The van der Waals surface area contributed by atoms with Crippen molar-refractivity contribution in [3.63, 3.8) is 0 Å². The lowest BCUT2D eigenvalue weighted by Crippen LogP contribution is -2.25. The Morgan fingerprint density at radius 1 is 1.42 bits per heavy atom. The molecule has 0 bridgehead atoms. The molecule has 108 valence electrons. The Labute approximate surface area is 120 Å². The third-order valence-electron chi connectivity index (χ3n) is 2.50. The number of nitrogens with one attached hydrogen (secondary N) is 1. The molecule has 0 unspecified atom stereocenters. The highest BCUT2D eigenvalue weighted by Crippen LogP contribution is 2.19. The molecule has 19 heavy (non-hydrogen) atoms. The molecule has 0 aromatic carbocycles. The minimum Gasteiger partial charge on any atom is -0.377 e. The lowest BCUT2D eigenvalue weighted by molar-refractivity contribution is 0.0845. The second-order valence-corrected chi connectivity index (χ2v) is 5.24. The van der Waals surface area contributed by atoms with Crippen molar-refractivity contribution in [2.45, 2.75) is 32.0 Å². The van der Waals surface area contributed by atoms with Crippen molar-refractivity contribution in [1.82, 2.24) is 9.97 Å². The van der Waals surface area contributed by atoms with Crippen molar-refractivity contribution in [1.29, 1.82) is 0 Å². The van der Waals surface area contributed by atoms with E-state index in [1.165, 1.54) is 0 Å². The molecule has 0 fully saturated rings. The number of ether oxygens (including phenoxy) is 1. The van der Waals surface area contributed by atoms with Crippen molar-refractivity contribution in [2.24, 2.45) is 0 Å². The fraction of sp³-hybridized carbons (Fsp3) is 0.692. The molecule has 0 saturated heterocycles. The minimum atomic E-state index is 0.262. The van der Waals surface area contributed by atoms with Gasteiger partial charge in [-0.05, 0) is 27.0 Å². The van der Waals surface area contributed by atoms with Gasteiger partial charge in [-0.15, -0.1) is 0 Å². The van der Waals surface area contributed by atoms with Crippen LogP contribution in [0.2, 0.25) is 0 Å². The minimum absolute atomic E-state index is 0.262. The Balaban J connectivity index is 2.71. The summed E-state index contributed by atoms with van der Waals surface area (Å²) in [6.07, 6.45) is 2.24. The van der Waals surface area contributed by atoms with E-state index >= 15 is 0 Å². The number of hydrogen-bond acceptors (Lipinski definition) is 6. The van der Waals surface area contributed by atoms with Gasteiger partial charge >= 0.3 is 0 Å². The predicted molar refractivity (Wildman–Crippen MR) is 82.3 cm³/mol. The van der Waals surface area contributed by atoms with E-state index in [0.29, 0.717) is 6.61 Å². The number of rotatable bonds is 8. The largest absolute Gasteiger partial charge is 0.377 e. The van der Waals surface area contributed by atoms with E-state index < -0.39 is 0 Å². The number of likely N-dealkylation sites (N-methyl/N-ethyl adjacent to an activating group) is 1. The quantitative estimate of drug-likeness (QED) is 0.585. The number of anilines is 2. The van der Waals surface area contributed by atoms with Gasteiger partial charge in [0, 0.05) is 26.2 Å². The first-order valence-electron chi connectivity index (χ1n) is 6.56. The Bertz CT molecular complexity index is 387. The molecule has 0 aliphatic rings. The standard InChI is InChI=1S/C13H24N4OS/c1-6-14-11-9-12(16-13(15-11)19-5)17(4)7-8-18-10(2)3/h9-10H,6-8H2,1-5H3,(H,14,15,16). The zero-order valence-corrected chi connectivity index (χ0v) is 13.3. The lowest BCUT2D eigenvalue weighted by atomic mass is 10.4. The first-order valence-corrected chi connectivity index (χ1v) is 7.79. The van der Waals surface area contributed by atoms with Gasteiger partial charge in [-0.2, -0.15) is 0 Å². The number of hydrogen-bond donors (Lipinski definition) is 1. The van der Waals surface area contributed by atoms with Crippen molar-refractivity contribution in [3.8, 4) is 0 Å². The molecule has 6 heteroatoms. The predicted octanol–water partition coefficient (Wildman–Crippen LogP) is 2.49. The zero-order valence-electron chi connectivity index (χ0n) is 12.4. The Morgan fingerprint density at radius 2 is 2.16 bits per heavy atom. The van der Waals surface area contributed by atoms with Crippen LogP contribution in [0.15, 0.2) is 11.2 Å². The van der Waals surface area contributed by atoms with Gasteiger partial charge in [0.2, 0.25) is 0 Å². The summed E-state index contributed by atoms with van der Waals surface area (Å²) in [4.78, 5) is 11.0. The summed E-state index contributed by atoms with van der Waals surface area (Å²) in [6, 6.07) is 1.97. The third kappa shape index (κ3) is 5.65. The van der Waals surface area contributed by atoms with E-state index in [-0.39, 0.29) is 6.10 Å². The molecule has 0 aliphatic carbocycles. The van der Waals surface area contributed by atoms with E-state index in [2.05, 4.69) is 27.1 Å². The summed E-state index contributed by atoms with van der Waals surface area (Å²) < 4.78 is 5.56. The van der Waals surface area contributed by atoms with Crippen molar-refractivity contribution >= 4 is 23.4 Å². The number of aromatic nitrogens is 2. The van der Waals surface area contributed by atoms with Gasteiger partial charge in [0.25, 0.3) is 0 Å². The van der Waals surface area contributed by atoms with Crippen molar-refractivity contribution in [3.05, 3.63) is 6.07 Å². The van der Waals surface area contributed by atoms with Gasteiger partial charge < -0.3 is 15.0 Å². The van der Waals surface area contributed by atoms with Gasteiger partial charge in [0.05, 0.1) is 12.7 Å². The molecule has 1 rings (SSSR count). The molecular formula is C13H24N4OS. The number of nitrogens with zero attached hydrogens (tertiary/aromatic N) is 3. The molecule has 1 aromatic heterocycles. The Morgan fingerprint density at radius 3 is 2.74 bits per heavy atom. The average molecular weight is 284 g/mol. The topological polar surface area (TPSA) is 50.3 Å². The molecule has 0 radical (unpaired) electrons. The highest BCUT2D eigenvalue weighted by Gasteiger charge is 2.08. The highest BCUT2D eigenvalue weighted by atomic mass is 32.2. The third-order valence-corrected chi connectivity index (χ3v) is 3.05. The van der Waals surface area contributed by atoms with Crippen molar-refractivity contribution < 1.29 is 4.74 Å². The van der Waals surface area contributed by atoms with E-state index in [0.717, 1.165) is 29.9 Å². The van der Waals surface area contributed by atoms with Gasteiger partial charge in [0.15, 0.2) is 5.16 Å². The van der Waals surface area contributed by atoms with Crippen LogP contribution >= 0.6 is 11.8 Å². The van der Waals surface area contributed by atoms with Crippen molar-refractivity contribution in [2.75, 3.05) is 43.2 Å². The summed E-state index contributed by atoms with van der Waals surface area (Å²) in [5.74, 6) is 1.79. The fourth-order valence-corrected chi connectivity index (χ4v) is 1.89. The number of thioether (sulfide) groups is 1.